The van der Waals surface area contributed by atoms with Gasteiger partial charge in [-0.05, 0) is 12.1 Å². The Morgan fingerprint density at radius 1 is 1.25 bits per heavy atom. The number of aromatic nitrogens is 2. The summed E-state index contributed by atoms with van der Waals surface area (Å²) in [5, 5.41) is 7.43. The number of aromatic amines is 1. The standard InChI is InChI=1S/C15H18N4O/c1-10(20)19-8-13-14(9-19)16-17-15(13)11-4-6-12(7-5-11)18(2)3/h4-7H,8-9H2,1-3H3,(H,16,17). The van der Waals surface area contributed by atoms with Crippen LogP contribution in [0, 0.1) is 0 Å². The first-order chi connectivity index (χ1) is 9.56. The van der Waals surface area contributed by atoms with Crippen LogP contribution in [0.5, 0.6) is 0 Å². The van der Waals surface area contributed by atoms with E-state index in [4.69, 9.17) is 0 Å². The SMILES string of the molecule is CC(=O)N1Cc2n[nH]c(-c3ccc(N(C)C)cc3)c2C1. The third kappa shape index (κ3) is 2.05. The molecular weight excluding hydrogens is 252 g/mol. The van der Waals surface area contributed by atoms with Crippen molar-refractivity contribution in [1.29, 1.82) is 0 Å². The maximum Gasteiger partial charge on any atom is 0.220 e. The van der Waals surface area contributed by atoms with Crippen molar-refractivity contribution in [2.24, 2.45) is 0 Å². The molecule has 2 aromatic rings. The van der Waals surface area contributed by atoms with Gasteiger partial charge in [-0.25, -0.2) is 0 Å². The molecule has 5 nitrogen and oxygen atoms in total. The quantitative estimate of drug-likeness (QED) is 0.908. The van der Waals surface area contributed by atoms with Gasteiger partial charge in [0.15, 0.2) is 0 Å². The van der Waals surface area contributed by atoms with Crippen LogP contribution >= 0.6 is 0 Å². The Bertz CT molecular complexity index is 642. The molecule has 0 bridgehead atoms. The minimum absolute atomic E-state index is 0.0944. The van der Waals surface area contributed by atoms with E-state index in [1.807, 2.05) is 19.0 Å². The van der Waals surface area contributed by atoms with E-state index in [9.17, 15) is 4.79 Å². The van der Waals surface area contributed by atoms with Gasteiger partial charge < -0.3 is 9.80 Å². The molecule has 1 N–H and O–H groups in total. The van der Waals surface area contributed by atoms with Gasteiger partial charge >= 0.3 is 0 Å². The number of fused-ring (bicyclic) bond motifs is 1. The number of nitrogens with zero attached hydrogens (tertiary/aromatic N) is 3. The van der Waals surface area contributed by atoms with Crippen LogP contribution in [0.1, 0.15) is 18.2 Å². The second-order valence-electron chi connectivity index (χ2n) is 5.34. The average molecular weight is 270 g/mol. The highest BCUT2D eigenvalue weighted by atomic mass is 16.2. The molecule has 1 aliphatic rings. The molecule has 0 aliphatic carbocycles. The van der Waals surface area contributed by atoms with Gasteiger partial charge in [-0.15, -0.1) is 0 Å². The predicted octanol–water partition coefficient (Wildman–Crippen LogP) is 2.00. The molecule has 104 valence electrons. The molecule has 0 unspecified atom stereocenters. The Kier molecular flexibility index (Phi) is 2.97. The average Bonchev–Trinajstić information content (AvgIpc) is 2.98. The minimum atomic E-state index is 0.0944. The van der Waals surface area contributed by atoms with Gasteiger partial charge in [0.1, 0.15) is 0 Å². The second kappa shape index (κ2) is 4.67. The number of carbonyl (C=O) groups is 1. The fraction of sp³-hybridized carbons (Fsp3) is 0.333. The van der Waals surface area contributed by atoms with Crippen molar-refractivity contribution in [2.45, 2.75) is 20.0 Å². The van der Waals surface area contributed by atoms with E-state index in [1.165, 1.54) is 0 Å². The first kappa shape index (κ1) is 12.7. The molecule has 0 spiro atoms. The maximum atomic E-state index is 11.5. The molecule has 0 fully saturated rings. The Hall–Kier alpha value is -2.30. The van der Waals surface area contributed by atoms with Crippen molar-refractivity contribution in [2.75, 3.05) is 19.0 Å². The molecule has 5 heteroatoms. The van der Waals surface area contributed by atoms with Gasteiger partial charge in [-0.3, -0.25) is 9.89 Å². The van der Waals surface area contributed by atoms with E-state index in [-0.39, 0.29) is 5.91 Å². The largest absolute Gasteiger partial charge is 0.378 e. The molecule has 0 atom stereocenters. The Morgan fingerprint density at radius 2 is 1.95 bits per heavy atom. The number of rotatable bonds is 2. The van der Waals surface area contributed by atoms with Gasteiger partial charge in [0.25, 0.3) is 0 Å². The lowest BCUT2D eigenvalue weighted by atomic mass is 10.1. The number of benzene rings is 1. The third-order valence-corrected chi connectivity index (χ3v) is 3.76. The summed E-state index contributed by atoms with van der Waals surface area (Å²) in [6.07, 6.45) is 0. The molecule has 1 aromatic heterocycles. The van der Waals surface area contributed by atoms with E-state index < -0.39 is 0 Å². The Balaban J connectivity index is 1.92. The molecule has 0 saturated carbocycles. The summed E-state index contributed by atoms with van der Waals surface area (Å²) in [6.45, 7) is 2.85. The van der Waals surface area contributed by atoms with Crippen molar-refractivity contribution in [3.8, 4) is 11.3 Å². The lowest BCUT2D eigenvalue weighted by Crippen LogP contribution is -2.22. The summed E-state index contributed by atoms with van der Waals surface area (Å²) < 4.78 is 0. The van der Waals surface area contributed by atoms with Crippen LogP contribution in [-0.4, -0.2) is 35.1 Å². The monoisotopic (exact) mass is 270 g/mol. The van der Waals surface area contributed by atoms with Gasteiger partial charge in [0.05, 0.1) is 24.5 Å². The van der Waals surface area contributed by atoms with Gasteiger partial charge in [0.2, 0.25) is 5.91 Å². The predicted molar refractivity (Wildman–Crippen MR) is 78.3 cm³/mol. The smallest absolute Gasteiger partial charge is 0.220 e. The van der Waals surface area contributed by atoms with E-state index >= 15 is 0 Å². The molecule has 0 saturated heterocycles. The lowest BCUT2D eigenvalue weighted by molar-refractivity contribution is -0.129. The minimum Gasteiger partial charge on any atom is -0.378 e. The van der Waals surface area contributed by atoms with Crippen molar-refractivity contribution in [3.63, 3.8) is 0 Å². The summed E-state index contributed by atoms with van der Waals surface area (Å²) in [5.74, 6) is 0.0944. The highest BCUT2D eigenvalue weighted by molar-refractivity contribution is 5.75. The topological polar surface area (TPSA) is 52.2 Å². The molecule has 0 radical (unpaired) electrons. The van der Waals surface area contributed by atoms with Crippen LogP contribution in [-0.2, 0) is 17.9 Å². The van der Waals surface area contributed by atoms with E-state index in [2.05, 4.69) is 39.4 Å². The zero-order chi connectivity index (χ0) is 14.3. The van der Waals surface area contributed by atoms with Crippen molar-refractivity contribution >= 4 is 11.6 Å². The summed E-state index contributed by atoms with van der Waals surface area (Å²) in [4.78, 5) is 15.3. The number of hydrogen-bond acceptors (Lipinski definition) is 3. The Labute approximate surface area is 118 Å². The first-order valence-electron chi connectivity index (χ1n) is 6.65. The zero-order valence-electron chi connectivity index (χ0n) is 12.0. The normalized spacial score (nSPS) is 13.4. The molecule has 1 amide bonds. The fourth-order valence-electron chi connectivity index (χ4n) is 2.52. The molecule has 3 rings (SSSR count). The molecule has 1 aliphatic heterocycles. The van der Waals surface area contributed by atoms with E-state index in [1.54, 1.807) is 6.92 Å². The van der Waals surface area contributed by atoms with Crippen LogP contribution in [0.25, 0.3) is 11.3 Å². The van der Waals surface area contributed by atoms with E-state index in [0.717, 1.165) is 28.2 Å². The molecular formula is C15H18N4O. The maximum absolute atomic E-state index is 11.5. The fourth-order valence-corrected chi connectivity index (χ4v) is 2.52. The van der Waals surface area contributed by atoms with Crippen molar-refractivity contribution < 1.29 is 4.79 Å². The van der Waals surface area contributed by atoms with Crippen LogP contribution in [0.15, 0.2) is 24.3 Å². The summed E-state index contributed by atoms with van der Waals surface area (Å²) in [7, 11) is 4.04. The summed E-state index contributed by atoms with van der Waals surface area (Å²) in [6, 6.07) is 8.33. The van der Waals surface area contributed by atoms with Crippen LogP contribution in [0.2, 0.25) is 0 Å². The number of carbonyl (C=O) groups excluding carboxylic acids is 1. The zero-order valence-corrected chi connectivity index (χ0v) is 12.0. The number of anilines is 1. The highest BCUT2D eigenvalue weighted by Crippen LogP contribution is 2.31. The van der Waals surface area contributed by atoms with Gasteiger partial charge in [-0.1, -0.05) is 12.1 Å². The second-order valence-corrected chi connectivity index (χ2v) is 5.34. The van der Waals surface area contributed by atoms with Crippen LogP contribution in [0.4, 0.5) is 5.69 Å². The van der Waals surface area contributed by atoms with Crippen molar-refractivity contribution in [3.05, 3.63) is 35.5 Å². The molecule has 20 heavy (non-hydrogen) atoms. The molecule has 1 aromatic carbocycles. The summed E-state index contributed by atoms with van der Waals surface area (Å²) in [5.41, 5.74) is 5.41. The van der Waals surface area contributed by atoms with Gasteiger partial charge in [-0.2, -0.15) is 5.10 Å². The number of H-pyrrole nitrogens is 1. The summed E-state index contributed by atoms with van der Waals surface area (Å²) >= 11 is 0. The van der Waals surface area contributed by atoms with Crippen LogP contribution in [0.3, 0.4) is 0 Å². The third-order valence-electron chi connectivity index (χ3n) is 3.76. The molecule has 2 heterocycles. The van der Waals surface area contributed by atoms with Crippen LogP contribution < -0.4 is 4.90 Å². The van der Waals surface area contributed by atoms with Gasteiger partial charge in [0, 0.05) is 37.8 Å². The lowest BCUT2D eigenvalue weighted by Gasteiger charge is -2.13. The highest BCUT2D eigenvalue weighted by Gasteiger charge is 2.26. The van der Waals surface area contributed by atoms with Crippen molar-refractivity contribution in [1.82, 2.24) is 15.1 Å². The number of amides is 1. The number of hydrogen-bond donors (Lipinski definition) is 1. The Morgan fingerprint density at radius 3 is 2.55 bits per heavy atom. The van der Waals surface area contributed by atoms with E-state index in [0.29, 0.717) is 13.1 Å². The number of nitrogens with one attached hydrogen (secondary N) is 1. The first-order valence-corrected chi connectivity index (χ1v) is 6.65.